The fourth-order valence-electron chi connectivity index (χ4n) is 1.74. The third-order valence-corrected chi connectivity index (χ3v) is 2.44. The van der Waals surface area contributed by atoms with Gasteiger partial charge in [0.15, 0.2) is 0 Å². The summed E-state index contributed by atoms with van der Waals surface area (Å²) in [7, 11) is 0. The molecule has 5 nitrogen and oxygen atoms in total. The monoisotopic (exact) mass is 229 g/mol. The van der Waals surface area contributed by atoms with Gasteiger partial charge in [0.1, 0.15) is 0 Å². The molecule has 2 aromatic rings. The molecule has 0 aliphatic heterocycles. The zero-order valence-electron chi connectivity index (χ0n) is 8.92. The van der Waals surface area contributed by atoms with E-state index in [1.54, 1.807) is 18.2 Å². The van der Waals surface area contributed by atoms with E-state index in [9.17, 15) is 4.79 Å². The Hall–Kier alpha value is -2.56. The zero-order chi connectivity index (χ0) is 12.4. The van der Waals surface area contributed by atoms with Gasteiger partial charge in [0.05, 0.1) is 5.69 Å². The Kier molecular flexibility index (Phi) is 2.66. The number of carbonyl (C=O) groups is 1. The average Bonchev–Trinajstić information content (AvgIpc) is 2.28. The highest BCUT2D eigenvalue weighted by Crippen LogP contribution is 2.26. The molecule has 1 amide bonds. The minimum atomic E-state index is -1.27. The third kappa shape index (κ3) is 1.90. The van der Waals surface area contributed by atoms with Crippen molar-refractivity contribution in [3.05, 3.63) is 42.5 Å². The fraction of sp³-hybridized carbons (Fsp3) is 0. The van der Waals surface area contributed by atoms with Crippen LogP contribution in [0, 0.1) is 5.41 Å². The molecule has 86 valence electrons. The van der Waals surface area contributed by atoms with Crippen LogP contribution in [0.3, 0.4) is 0 Å². The highest BCUT2D eigenvalue weighted by atomic mass is 16.4. The summed E-state index contributed by atoms with van der Waals surface area (Å²) in [4.78, 5) is 11.8. The minimum absolute atomic E-state index is 0.392. The van der Waals surface area contributed by atoms with Gasteiger partial charge in [-0.25, -0.2) is 9.69 Å². The zero-order valence-corrected chi connectivity index (χ0v) is 8.92. The molecule has 4 N–H and O–H groups in total. The first-order valence-corrected chi connectivity index (χ1v) is 4.96. The highest BCUT2D eigenvalue weighted by molar-refractivity contribution is 6.16. The van der Waals surface area contributed by atoms with Crippen molar-refractivity contribution in [1.29, 1.82) is 5.41 Å². The van der Waals surface area contributed by atoms with E-state index in [4.69, 9.17) is 16.2 Å². The van der Waals surface area contributed by atoms with E-state index in [0.717, 1.165) is 15.7 Å². The molecule has 2 rings (SSSR count). The van der Waals surface area contributed by atoms with Crippen molar-refractivity contribution >= 4 is 28.5 Å². The number of fused-ring (bicyclic) bond motifs is 1. The highest BCUT2D eigenvalue weighted by Gasteiger charge is 2.19. The number of nitrogens with two attached hydrogens (primary N) is 1. The number of rotatable bonds is 1. The van der Waals surface area contributed by atoms with E-state index in [2.05, 4.69) is 0 Å². The lowest BCUT2D eigenvalue weighted by atomic mass is 10.1. The molecule has 0 spiro atoms. The molecule has 0 unspecified atom stereocenters. The number of nitrogens with one attached hydrogen (secondary N) is 1. The van der Waals surface area contributed by atoms with Gasteiger partial charge in [0, 0.05) is 5.39 Å². The van der Waals surface area contributed by atoms with Gasteiger partial charge in [-0.1, -0.05) is 36.4 Å². The molecule has 0 saturated heterocycles. The van der Waals surface area contributed by atoms with Crippen molar-refractivity contribution in [2.24, 2.45) is 5.73 Å². The molecular weight excluding hydrogens is 218 g/mol. The van der Waals surface area contributed by atoms with Gasteiger partial charge < -0.3 is 10.8 Å². The van der Waals surface area contributed by atoms with Crippen LogP contribution in [0.2, 0.25) is 0 Å². The lowest BCUT2D eigenvalue weighted by Crippen LogP contribution is -2.40. The van der Waals surface area contributed by atoms with Crippen LogP contribution in [0.25, 0.3) is 10.8 Å². The molecule has 0 atom stereocenters. The van der Waals surface area contributed by atoms with Gasteiger partial charge in [0.25, 0.3) is 0 Å². The Bertz CT molecular complexity index is 576. The maximum atomic E-state index is 11.1. The Morgan fingerprint density at radius 2 is 1.82 bits per heavy atom. The van der Waals surface area contributed by atoms with Crippen LogP contribution in [0.15, 0.2) is 42.5 Å². The molecule has 0 fully saturated rings. The summed E-state index contributed by atoms with van der Waals surface area (Å²) < 4.78 is 0. The minimum Gasteiger partial charge on any atom is -0.464 e. The van der Waals surface area contributed by atoms with Crippen molar-refractivity contribution in [3.63, 3.8) is 0 Å². The molecule has 2 aromatic carbocycles. The van der Waals surface area contributed by atoms with Crippen molar-refractivity contribution in [3.8, 4) is 0 Å². The lowest BCUT2D eigenvalue weighted by molar-refractivity contribution is 0.205. The number of anilines is 1. The SMILES string of the molecule is N=C(N)N(C(=O)O)c1cccc2ccccc12. The van der Waals surface area contributed by atoms with Gasteiger partial charge >= 0.3 is 6.09 Å². The first-order chi connectivity index (χ1) is 8.11. The van der Waals surface area contributed by atoms with Crippen molar-refractivity contribution in [2.75, 3.05) is 4.90 Å². The summed E-state index contributed by atoms with van der Waals surface area (Å²) in [5.74, 6) is -0.520. The Morgan fingerprint density at radius 1 is 1.18 bits per heavy atom. The second-order valence-electron chi connectivity index (χ2n) is 3.50. The van der Waals surface area contributed by atoms with Gasteiger partial charge in [0.2, 0.25) is 5.96 Å². The van der Waals surface area contributed by atoms with Crippen molar-refractivity contribution in [2.45, 2.75) is 0 Å². The van der Waals surface area contributed by atoms with Crippen LogP contribution in [-0.2, 0) is 0 Å². The molecule has 0 saturated carbocycles. The van der Waals surface area contributed by atoms with Crippen LogP contribution in [0.5, 0.6) is 0 Å². The quantitative estimate of drug-likeness (QED) is 0.517. The first-order valence-electron chi connectivity index (χ1n) is 4.96. The third-order valence-electron chi connectivity index (χ3n) is 2.44. The van der Waals surface area contributed by atoms with Gasteiger partial charge in [-0.05, 0) is 11.5 Å². The number of nitrogens with zero attached hydrogens (tertiary/aromatic N) is 1. The maximum absolute atomic E-state index is 11.1. The topological polar surface area (TPSA) is 90.4 Å². The largest absolute Gasteiger partial charge is 0.464 e. The normalized spacial score (nSPS) is 10.1. The van der Waals surface area contributed by atoms with E-state index in [0.29, 0.717) is 5.69 Å². The molecule has 0 heterocycles. The van der Waals surface area contributed by atoms with Crippen molar-refractivity contribution < 1.29 is 9.90 Å². The van der Waals surface area contributed by atoms with Crippen molar-refractivity contribution in [1.82, 2.24) is 0 Å². The van der Waals surface area contributed by atoms with Gasteiger partial charge in [-0.2, -0.15) is 0 Å². The number of benzene rings is 2. The predicted molar refractivity (Wildman–Crippen MR) is 66.4 cm³/mol. The van der Waals surface area contributed by atoms with E-state index < -0.39 is 12.1 Å². The lowest BCUT2D eigenvalue weighted by Gasteiger charge is -2.18. The number of carboxylic acid groups (broad SMARTS) is 1. The molecule has 0 aliphatic carbocycles. The number of hydrogen-bond donors (Lipinski definition) is 3. The van der Waals surface area contributed by atoms with E-state index in [1.165, 1.54) is 0 Å². The molecule has 17 heavy (non-hydrogen) atoms. The standard InChI is InChI=1S/C12H11N3O2/c13-11(14)15(12(16)17)10-7-3-5-8-4-1-2-6-9(8)10/h1-7H,(H3,13,14)(H,16,17). The second-order valence-corrected chi connectivity index (χ2v) is 3.50. The van der Waals surface area contributed by atoms with Crippen LogP contribution in [0.1, 0.15) is 0 Å². The van der Waals surface area contributed by atoms with Crippen LogP contribution in [-0.4, -0.2) is 17.2 Å². The summed E-state index contributed by atoms with van der Waals surface area (Å²) in [6.45, 7) is 0. The number of hydrogen-bond acceptors (Lipinski definition) is 2. The van der Waals surface area contributed by atoms with Crippen LogP contribution in [0.4, 0.5) is 10.5 Å². The van der Waals surface area contributed by atoms with Gasteiger partial charge in [-0.3, -0.25) is 5.41 Å². The van der Waals surface area contributed by atoms with E-state index in [1.807, 2.05) is 24.3 Å². The fourth-order valence-corrected chi connectivity index (χ4v) is 1.74. The molecule has 0 bridgehead atoms. The van der Waals surface area contributed by atoms with Crippen LogP contribution < -0.4 is 10.6 Å². The maximum Gasteiger partial charge on any atom is 0.418 e. The Balaban J connectivity index is 2.69. The summed E-state index contributed by atoms with van der Waals surface area (Å²) in [6.07, 6.45) is -1.27. The van der Waals surface area contributed by atoms with Gasteiger partial charge in [-0.15, -0.1) is 0 Å². The second kappa shape index (κ2) is 4.13. The average molecular weight is 229 g/mol. The molecule has 0 aromatic heterocycles. The summed E-state index contributed by atoms with van der Waals surface area (Å²) in [6, 6.07) is 12.6. The summed E-state index contributed by atoms with van der Waals surface area (Å²) in [5.41, 5.74) is 5.68. The molecular formula is C12H11N3O2. The Morgan fingerprint density at radius 3 is 2.47 bits per heavy atom. The molecule has 0 aliphatic rings. The first kappa shape index (κ1) is 10.9. The van der Waals surface area contributed by atoms with Crippen LogP contribution >= 0.6 is 0 Å². The predicted octanol–water partition coefficient (Wildman–Crippen LogP) is 2.22. The molecule has 5 heteroatoms. The smallest absolute Gasteiger partial charge is 0.418 e. The van der Waals surface area contributed by atoms with E-state index >= 15 is 0 Å². The van der Waals surface area contributed by atoms with E-state index in [-0.39, 0.29) is 0 Å². The Labute approximate surface area is 97.6 Å². The summed E-state index contributed by atoms with van der Waals surface area (Å²) in [5, 5.41) is 18.0. The molecule has 0 radical (unpaired) electrons. The number of amides is 1. The summed E-state index contributed by atoms with van der Waals surface area (Å²) >= 11 is 0. The number of guanidine groups is 1.